The van der Waals surface area contributed by atoms with E-state index in [4.69, 9.17) is 0 Å². The molecule has 0 bridgehead atoms. The van der Waals surface area contributed by atoms with Crippen molar-refractivity contribution >= 4 is 15.7 Å². The summed E-state index contributed by atoms with van der Waals surface area (Å²) in [6.07, 6.45) is 0.983. The lowest BCUT2D eigenvalue weighted by Crippen LogP contribution is -2.49. The van der Waals surface area contributed by atoms with Crippen LogP contribution in [0.2, 0.25) is 0 Å². The molecule has 0 amide bonds. The van der Waals surface area contributed by atoms with Crippen molar-refractivity contribution in [3.05, 3.63) is 58.7 Å². The van der Waals surface area contributed by atoms with Gasteiger partial charge in [-0.05, 0) is 49.9 Å². The molecule has 4 nitrogen and oxygen atoms in total. The van der Waals surface area contributed by atoms with Gasteiger partial charge in [-0.3, -0.25) is 0 Å². The molecule has 0 N–H and O–H groups in total. The number of rotatable bonds is 4. The van der Waals surface area contributed by atoms with Crippen LogP contribution in [-0.4, -0.2) is 38.9 Å². The second kappa shape index (κ2) is 7.41. The number of aryl methyl sites for hydroxylation is 4. The molecule has 1 aliphatic heterocycles. The zero-order chi connectivity index (χ0) is 18.9. The molecular formula is C21H28N2O2S. The van der Waals surface area contributed by atoms with E-state index in [1.165, 1.54) is 11.3 Å². The summed E-state index contributed by atoms with van der Waals surface area (Å²) in [4.78, 5) is 2.78. The van der Waals surface area contributed by atoms with Gasteiger partial charge in [0.05, 0.1) is 4.90 Å². The Kier molecular flexibility index (Phi) is 5.39. The van der Waals surface area contributed by atoms with Gasteiger partial charge in [-0.2, -0.15) is 4.31 Å². The fourth-order valence-corrected chi connectivity index (χ4v) is 5.82. The van der Waals surface area contributed by atoms with Crippen molar-refractivity contribution in [3.8, 4) is 0 Å². The molecule has 2 aromatic carbocycles. The van der Waals surface area contributed by atoms with E-state index in [9.17, 15) is 8.42 Å². The number of nitrogens with zero attached hydrogens (tertiary/aromatic N) is 2. The highest BCUT2D eigenvalue weighted by Gasteiger charge is 2.31. The van der Waals surface area contributed by atoms with Crippen LogP contribution in [0.25, 0.3) is 0 Å². The maximum absolute atomic E-state index is 13.2. The first-order valence-corrected chi connectivity index (χ1v) is 10.7. The SMILES string of the molecule is CCc1ccccc1N1CCN(S(=O)(=O)c2c(C)cc(C)cc2C)CC1. The minimum absolute atomic E-state index is 0.477. The maximum atomic E-state index is 13.2. The second-order valence-electron chi connectivity index (χ2n) is 7.10. The van der Waals surface area contributed by atoms with E-state index < -0.39 is 10.0 Å². The third kappa shape index (κ3) is 3.51. The summed E-state index contributed by atoms with van der Waals surface area (Å²) in [6, 6.07) is 12.3. The number of hydrogen-bond acceptors (Lipinski definition) is 3. The lowest BCUT2D eigenvalue weighted by atomic mass is 10.1. The Labute approximate surface area is 157 Å². The Bertz CT molecular complexity index is 875. The van der Waals surface area contributed by atoms with Crippen LogP contribution in [0, 0.1) is 20.8 Å². The number of para-hydroxylation sites is 1. The van der Waals surface area contributed by atoms with Gasteiger partial charge in [0.15, 0.2) is 0 Å². The second-order valence-corrected chi connectivity index (χ2v) is 8.98. The highest BCUT2D eigenvalue weighted by molar-refractivity contribution is 7.89. The normalized spacial score (nSPS) is 16.1. The summed E-state index contributed by atoms with van der Waals surface area (Å²) in [5.74, 6) is 0. The van der Waals surface area contributed by atoms with E-state index in [1.54, 1.807) is 4.31 Å². The molecule has 0 atom stereocenters. The molecule has 1 saturated heterocycles. The minimum atomic E-state index is -3.45. The van der Waals surface area contributed by atoms with Crippen molar-refractivity contribution in [1.82, 2.24) is 4.31 Å². The third-order valence-corrected chi connectivity index (χ3v) is 7.36. The van der Waals surface area contributed by atoms with Crippen LogP contribution < -0.4 is 4.90 Å². The largest absolute Gasteiger partial charge is 0.369 e. The van der Waals surface area contributed by atoms with Crippen molar-refractivity contribution in [2.45, 2.75) is 39.0 Å². The Morgan fingerprint density at radius 3 is 2.08 bits per heavy atom. The van der Waals surface area contributed by atoms with Crippen molar-refractivity contribution in [2.24, 2.45) is 0 Å². The molecule has 1 heterocycles. The number of hydrogen-bond donors (Lipinski definition) is 0. The van der Waals surface area contributed by atoms with Gasteiger partial charge < -0.3 is 4.90 Å². The molecule has 2 aromatic rings. The Balaban J connectivity index is 1.82. The monoisotopic (exact) mass is 372 g/mol. The zero-order valence-electron chi connectivity index (χ0n) is 16.1. The van der Waals surface area contributed by atoms with E-state index in [1.807, 2.05) is 32.9 Å². The van der Waals surface area contributed by atoms with E-state index in [0.717, 1.165) is 36.2 Å². The van der Waals surface area contributed by atoms with Crippen LogP contribution in [0.5, 0.6) is 0 Å². The van der Waals surface area contributed by atoms with E-state index in [-0.39, 0.29) is 0 Å². The first-order valence-electron chi connectivity index (χ1n) is 9.25. The fourth-order valence-electron chi connectivity index (χ4n) is 3.99. The van der Waals surface area contributed by atoms with Gasteiger partial charge in [-0.1, -0.05) is 42.8 Å². The van der Waals surface area contributed by atoms with Gasteiger partial charge >= 0.3 is 0 Å². The van der Waals surface area contributed by atoms with E-state index >= 15 is 0 Å². The quantitative estimate of drug-likeness (QED) is 0.822. The van der Waals surface area contributed by atoms with Crippen molar-refractivity contribution < 1.29 is 8.42 Å². The number of sulfonamides is 1. The molecule has 0 saturated carbocycles. The Morgan fingerprint density at radius 2 is 1.50 bits per heavy atom. The lowest BCUT2D eigenvalue weighted by Gasteiger charge is -2.36. The van der Waals surface area contributed by atoms with Gasteiger partial charge in [0.25, 0.3) is 0 Å². The van der Waals surface area contributed by atoms with Crippen LogP contribution >= 0.6 is 0 Å². The molecule has 0 spiro atoms. The molecule has 5 heteroatoms. The average Bonchev–Trinajstić information content (AvgIpc) is 2.60. The van der Waals surface area contributed by atoms with Gasteiger partial charge in [0.1, 0.15) is 0 Å². The molecule has 0 aromatic heterocycles. The van der Waals surface area contributed by atoms with E-state index in [2.05, 4.69) is 36.1 Å². The first kappa shape index (κ1) is 18.9. The highest BCUT2D eigenvalue weighted by atomic mass is 32.2. The zero-order valence-corrected chi connectivity index (χ0v) is 16.9. The molecule has 0 unspecified atom stereocenters. The molecule has 1 aliphatic rings. The molecule has 26 heavy (non-hydrogen) atoms. The highest BCUT2D eigenvalue weighted by Crippen LogP contribution is 2.28. The number of anilines is 1. The molecule has 0 radical (unpaired) electrons. The van der Waals surface area contributed by atoms with Gasteiger partial charge in [0, 0.05) is 31.9 Å². The van der Waals surface area contributed by atoms with E-state index in [0.29, 0.717) is 18.0 Å². The predicted molar refractivity (Wildman–Crippen MR) is 107 cm³/mol. The number of benzene rings is 2. The van der Waals surface area contributed by atoms with Crippen molar-refractivity contribution in [3.63, 3.8) is 0 Å². The van der Waals surface area contributed by atoms with Crippen molar-refractivity contribution in [2.75, 3.05) is 31.1 Å². The summed E-state index contributed by atoms with van der Waals surface area (Å²) in [7, 11) is -3.45. The summed E-state index contributed by atoms with van der Waals surface area (Å²) >= 11 is 0. The molecule has 140 valence electrons. The van der Waals surface area contributed by atoms with Gasteiger partial charge in [-0.25, -0.2) is 8.42 Å². The van der Waals surface area contributed by atoms with Gasteiger partial charge in [-0.15, -0.1) is 0 Å². The van der Waals surface area contributed by atoms with Crippen LogP contribution in [0.1, 0.15) is 29.2 Å². The van der Waals surface area contributed by atoms with Crippen LogP contribution in [0.4, 0.5) is 5.69 Å². The predicted octanol–water partition coefficient (Wildman–Crippen LogP) is 3.69. The van der Waals surface area contributed by atoms with Crippen LogP contribution in [-0.2, 0) is 16.4 Å². The van der Waals surface area contributed by atoms with Crippen LogP contribution in [0.3, 0.4) is 0 Å². The maximum Gasteiger partial charge on any atom is 0.243 e. The standard InChI is InChI=1S/C21H28N2O2S/c1-5-19-8-6-7-9-20(19)22-10-12-23(13-11-22)26(24,25)21-17(3)14-16(2)15-18(21)4/h6-9,14-15H,5,10-13H2,1-4H3. The Morgan fingerprint density at radius 1 is 0.923 bits per heavy atom. The summed E-state index contributed by atoms with van der Waals surface area (Å²) < 4.78 is 28.1. The molecular weight excluding hydrogens is 344 g/mol. The summed E-state index contributed by atoms with van der Waals surface area (Å²) in [5, 5.41) is 0. The molecule has 0 aliphatic carbocycles. The molecule has 1 fully saturated rings. The lowest BCUT2D eigenvalue weighted by molar-refractivity contribution is 0.384. The van der Waals surface area contributed by atoms with Gasteiger partial charge in [0.2, 0.25) is 10.0 Å². The smallest absolute Gasteiger partial charge is 0.243 e. The fraction of sp³-hybridized carbons (Fsp3) is 0.429. The summed E-state index contributed by atoms with van der Waals surface area (Å²) in [6.45, 7) is 10.4. The van der Waals surface area contributed by atoms with Crippen LogP contribution in [0.15, 0.2) is 41.3 Å². The topological polar surface area (TPSA) is 40.6 Å². The summed E-state index contributed by atoms with van der Waals surface area (Å²) in [5.41, 5.74) is 5.31. The molecule has 3 rings (SSSR count). The third-order valence-electron chi connectivity index (χ3n) is 5.15. The average molecular weight is 373 g/mol. The number of piperazine rings is 1. The minimum Gasteiger partial charge on any atom is -0.369 e. The first-order chi connectivity index (χ1) is 12.3. The Hall–Kier alpha value is -1.85. The van der Waals surface area contributed by atoms with Crippen molar-refractivity contribution in [1.29, 1.82) is 0 Å².